The van der Waals surface area contributed by atoms with Gasteiger partial charge in [-0.2, -0.15) is 0 Å². The number of hydrogen-bond acceptors (Lipinski definition) is 12. The number of esters is 2. The van der Waals surface area contributed by atoms with Gasteiger partial charge in [-0.3, -0.25) is 18.6 Å². The van der Waals surface area contributed by atoms with E-state index in [4.69, 9.17) is 18.5 Å². The average Bonchev–Trinajstić information content (AvgIpc) is 3.25. The Labute approximate surface area is 376 Å². The Bertz CT molecular complexity index is 1100. The van der Waals surface area contributed by atoms with Crippen molar-refractivity contribution in [2.75, 3.05) is 13.2 Å². The Hall–Kier alpha value is -1.15. The Morgan fingerprint density at radius 2 is 0.726 bits per heavy atom. The van der Waals surface area contributed by atoms with Crippen molar-refractivity contribution in [3.05, 3.63) is 0 Å². The van der Waals surface area contributed by atoms with Crippen LogP contribution in [0.5, 0.6) is 0 Å². The summed E-state index contributed by atoms with van der Waals surface area (Å²) in [5.41, 5.74) is 0. The maximum Gasteiger partial charge on any atom is 0.472 e. The Morgan fingerprint density at radius 1 is 0.435 bits per heavy atom. The summed E-state index contributed by atoms with van der Waals surface area (Å²) in [6.07, 6.45) is 27.3. The summed E-state index contributed by atoms with van der Waals surface area (Å²) >= 11 is 0. The number of ether oxygens (including phenoxy) is 2. The molecule has 62 heavy (non-hydrogen) atoms. The third kappa shape index (κ3) is 30.9. The van der Waals surface area contributed by atoms with E-state index < -0.39 is 75.7 Å². The topological polar surface area (TPSA) is 210 Å². The van der Waals surface area contributed by atoms with Gasteiger partial charge in [0.25, 0.3) is 0 Å². The van der Waals surface area contributed by atoms with Crippen molar-refractivity contribution in [2.24, 2.45) is 0 Å². The van der Waals surface area contributed by atoms with Crippen LogP contribution in [0.4, 0.5) is 0 Å². The Kier molecular flexibility index (Phi) is 37.1. The molecule has 0 radical (unpaired) electrons. The van der Waals surface area contributed by atoms with Crippen LogP contribution in [0.25, 0.3) is 0 Å². The molecule has 1 aliphatic carbocycles. The minimum atomic E-state index is -5.11. The fourth-order valence-corrected chi connectivity index (χ4v) is 9.09. The summed E-state index contributed by atoms with van der Waals surface area (Å²) in [5.74, 6) is -1.08. The van der Waals surface area contributed by atoms with Crippen LogP contribution in [-0.2, 0) is 32.7 Å². The van der Waals surface area contributed by atoms with Crippen LogP contribution in [-0.4, -0.2) is 98.3 Å². The zero-order valence-electron chi connectivity index (χ0n) is 39.2. The first-order chi connectivity index (χ1) is 29.9. The van der Waals surface area contributed by atoms with Crippen LogP contribution in [0.1, 0.15) is 239 Å². The van der Waals surface area contributed by atoms with Gasteiger partial charge >= 0.3 is 19.8 Å². The van der Waals surface area contributed by atoms with Crippen LogP contribution >= 0.6 is 7.82 Å². The number of unbranched alkanes of at least 4 members (excludes halogenated alkanes) is 31. The lowest BCUT2D eigenvalue weighted by molar-refractivity contribution is -0.220. The summed E-state index contributed by atoms with van der Waals surface area (Å²) in [7, 11) is -5.11. The molecule has 8 atom stereocenters. The normalized spacial score (nSPS) is 21.7. The van der Waals surface area contributed by atoms with Gasteiger partial charge < -0.3 is 39.9 Å². The number of carbonyl (C=O) groups excluding carboxylic acids is 2. The molecule has 1 fully saturated rings. The largest absolute Gasteiger partial charge is 0.472 e. The molecule has 1 rings (SSSR count). The maximum absolute atomic E-state index is 12.8. The lowest BCUT2D eigenvalue weighted by atomic mass is 9.85. The number of phosphoric ester groups is 1. The third-order valence-corrected chi connectivity index (χ3v) is 13.2. The van der Waals surface area contributed by atoms with Gasteiger partial charge in [0.15, 0.2) is 6.10 Å². The molecule has 1 saturated carbocycles. The second kappa shape index (κ2) is 39.1. The molecule has 0 amide bonds. The second-order valence-electron chi connectivity index (χ2n) is 18.0. The van der Waals surface area contributed by atoms with Crippen molar-refractivity contribution in [3.63, 3.8) is 0 Å². The highest BCUT2D eigenvalue weighted by Gasteiger charge is 2.51. The number of phosphoric acid groups is 1. The number of hydrogen-bond donors (Lipinski definition) is 6. The minimum Gasteiger partial charge on any atom is -0.462 e. The monoisotopic (exact) mass is 909 g/mol. The highest BCUT2D eigenvalue weighted by atomic mass is 31.2. The van der Waals surface area contributed by atoms with Gasteiger partial charge in [-0.05, 0) is 12.8 Å². The first kappa shape index (κ1) is 58.9. The molecule has 368 valence electrons. The molecule has 0 aliphatic heterocycles. The van der Waals surface area contributed by atoms with E-state index in [-0.39, 0.29) is 12.8 Å². The first-order valence-electron chi connectivity index (χ1n) is 25.3. The minimum absolute atomic E-state index is 0.105. The van der Waals surface area contributed by atoms with Gasteiger partial charge in [0.05, 0.1) is 6.61 Å². The lowest BCUT2D eigenvalue weighted by Gasteiger charge is -2.41. The van der Waals surface area contributed by atoms with Crippen LogP contribution in [0.15, 0.2) is 0 Å². The molecule has 0 bridgehead atoms. The van der Waals surface area contributed by atoms with E-state index in [9.17, 15) is 44.6 Å². The molecule has 0 aromatic carbocycles. The molecule has 14 heteroatoms. The smallest absolute Gasteiger partial charge is 0.462 e. The van der Waals surface area contributed by atoms with Crippen LogP contribution in [0, 0.1) is 0 Å². The average molecular weight is 909 g/mol. The number of aliphatic hydroxyl groups excluding tert-OH is 5. The summed E-state index contributed by atoms with van der Waals surface area (Å²) in [6, 6.07) is 0. The van der Waals surface area contributed by atoms with Crippen LogP contribution in [0.3, 0.4) is 0 Å². The molecule has 1 aliphatic rings. The molecule has 0 aromatic heterocycles. The highest BCUT2D eigenvalue weighted by Crippen LogP contribution is 2.47. The zero-order valence-corrected chi connectivity index (χ0v) is 40.1. The number of aliphatic hydroxyl groups is 5. The highest BCUT2D eigenvalue weighted by molar-refractivity contribution is 7.47. The van der Waals surface area contributed by atoms with Crippen molar-refractivity contribution < 1.29 is 63.1 Å². The van der Waals surface area contributed by atoms with Crippen molar-refractivity contribution in [1.82, 2.24) is 0 Å². The SMILES string of the molecule is CCCCCCCCCCCCCCCCCCCCCCC(=O)OC[C@@H](COP(=O)(O)OC1C(O)C(O)C(O)[C@H](O)C1O)OC(=O)CCCCCCCCCCCCCCC. The zero-order chi connectivity index (χ0) is 45.7. The molecular formula is C48H93O13P. The van der Waals surface area contributed by atoms with Gasteiger partial charge in [-0.1, -0.05) is 213 Å². The molecule has 6 unspecified atom stereocenters. The van der Waals surface area contributed by atoms with E-state index in [0.717, 1.165) is 38.5 Å². The summed E-state index contributed by atoms with van der Waals surface area (Å²) < 4.78 is 33.6. The lowest BCUT2D eigenvalue weighted by Crippen LogP contribution is -2.64. The van der Waals surface area contributed by atoms with E-state index in [1.807, 2.05) is 0 Å². The molecular weight excluding hydrogens is 815 g/mol. The molecule has 0 aromatic rings. The fraction of sp³-hybridized carbons (Fsp3) is 0.958. The predicted molar refractivity (Wildman–Crippen MR) is 244 cm³/mol. The molecule has 0 heterocycles. The predicted octanol–water partition coefficient (Wildman–Crippen LogP) is 10.5. The van der Waals surface area contributed by atoms with Gasteiger partial charge in [0, 0.05) is 12.8 Å². The molecule has 0 spiro atoms. The van der Waals surface area contributed by atoms with Crippen molar-refractivity contribution in [3.8, 4) is 0 Å². The van der Waals surface area contributed by atoms with Crippen molar-refractivity contribution in [1.29, 1.82) is 0 Å². The van der Waals surface area contributed by atoms with Gasteiger partial charge in [0.2, 0.25) is 0 Å². The van der Waals surface area contributed by atoms with Crippen LogP contribution < -0.4 is 0 Å². The number of rotatable bonds is 43. The van der Waals surface area contributed by atoms with E-state index in [0.29, 0.717) is 12.8 Å². The summed E-state index contributed by atoms with van der Waals surface area (Å²) in [4.78, 5) is 35.8. The summed E-state index contributed by atoms with van der Waals surface area (Å²) in [5, 5.41) is 50.2. The molecule has 6 N–H and O–H groups in total. The quantitative estimate of drug-likeness (QED) is 0.0191. The van der Waals surface area contributed by atoms with Gasteiger partial charge in [0.1, 0.15) is 43.2 Å². The van der Waals surface area contributed by atoms with Gasteiger partial charge in [-0.25, -0.2) is 4.57 Å². The Balaban J connectivity index is 2.36. The van der Waals surface area contributed by atoms with E-state index in [2.05, 4.69) is 13.8 Å². The third-order valence-electron chi connectivity index (χ3n) is 12.2. The summed E-state index contributed by atoms with van der Waals surface area (Å²) in [6.45, 7) is 3.34. The second-order valence-corrected chi connectivity index (χ2v) is 19.4. The maximum atomic E-state index is 12.8. The van der Waals surface area contributed by atoms with E-state index >= 15 is 0 Å². The van der Waals surface area contributed by atoms with E-state index in [1.165, 1.54) is 161 Å². The molecule has 13 nitrogen and oxygen atoms in total. The van der Waals surface area contributed by atoms with Crippen LogP contribution in [0.2, 0.25) is 0 Å². The molecule has 0 saturated heterocycles. The van der Waals surface area contributed by atoms with Gasteiger partial charge in [-0.15, -0.1) is 0 Å². The first-order valence-corrected chi connectivity index (χ1v) is 26.8. The Morgan fingerprint density at radius 3 is 1.06 bits per heavy atom. The van der Waals surface area contributed by atoms with E-state index in [1.54, 1.807) is 0 Å². The fourth-order valence-electron chi connectivity index (χ4n) is 8.11. The van der Waals surface area contributed by atoms with Crippen molar-refractivity contribution in [2.45, 2.75) is 281 Å². The number of carbonyl (C=O) groups is 2. The van der Waals surface area contributed by atoms with Crippen molar-refractivity contribution >= 4 is 19.8 Å². The standard InChI is InChI=1S/C48H93O13P/c1-3-5-7-9-11-13-15-17-18-19-20-21-22-23-25-26-28-30-32-34-36-41(49)58-38-40(39-59-62(56,57)61-48-46(54)44(52)43(51)45(53)47(48)55)60-42(50)37-35-33-31-29-27-24-16-14-12-10-8-6-4-2/h40,43-48,51-55H,3-39H2,1-2H3,(H,56,57)/t40-,43?,44-,45?,46?,47?,48?/m0/s1.